The fraction of sp³-hybridized carbons (Fsp3) is 0.261. The lowest BCUT2D eigenvalue weighted by Crippen LogP contribution is -2.03. The molecule has 0 amide bonds. The molecule has 0 saturated heterocycles. The molecule has 0 radical (unpaired) electrons. The van der Waals surface area contributed by atoms with Gasteiger partial charge in [0.05, 0.1) is 11.9 Å². The molecule has 0 atom stereocenters. The molecule has 0 aromatic carbocycles. The Morgan fingerprint density at radius 3 is 2.84 bits per heavy atom. The van der Waals surface area contributed by atoms with Crippen LogP contribution >= 0.6 is 0 Å². The second kappa shape index (κ2) is 8.26. The summed E-state index contributed by atoms with van der Waals surface area (Å²) in [7, 11) is 0. The van der Waals surface area contributed by atoms with E-state index in [4.69, 9.17) is 10.1 Å². The van der Waals surface area contributed by atoms with Gasteiger partial charge in [0.15, 0.2) is 0 Å². The average Bonchev–Trinajstić information content (AvgIpc) is 3.56. The number of aromatic nitrogens is 8. The summed E-state index contributed by atoms with van der Waals surface area (Å²) in [6.07, 6.45) is 11.4. The number of anilines is 1. The second-order valence-electron chi connectivity index (χ2n) is 7.93. The molecule has 32 heavy (non-hydrogen) atoms. The molecule has 0 unspecified atom stereocenters. The van der Waals surface area contributed by atoms with Gasteiger partial charge >= 0.3 is 0 Å². The van der Waals surface area contributed by atoms with E-state index >= 15 is 0 Å². The highest BCUT2D eigenvalue weighted by Gasteiger charge is 2.17. The van der Waals surface area contributed by atoms with Crippen molar-refractivity contribution in [1.29, 1.82) is 0 Å². The van der Waals surface area contributed by atoms with Gasteiger partial charge in [-0.05, 0) is 39.0 Å². The molecule has 0 aliphatic carbocycles. The Morgan fingerprint density at radius 1 is 1.12 bits per heavy atom. The zero-order valence-corrected chi connectivity index (χ0v) is 18.3. The van der Waals surface area contributed by atoms with Crippen LogP contribution in [0.1, 0.15) is 32.4 Å². The Morgan fingerprint density at radius 2 is 2.03 bits per heavy atom. The summed E-state index contributed by atoms with van der Waals surface area (Å²) in [6.45, 7) is 7.73. The molecule has 5 aromatic heterocycles. The SMILES string of the molecule is CCn1cc(CNc2nccc(-c3cn(C(C)C)nc3-c3cnc4[nH]ccc4c3)n2)cn1. The quantitative estimate of drug-likeness (QED) is 0.402. The van der Waals surface area contributed by atoms with Gasteiger partial charge in [-0.2, -0.15) is 10.2 Å². The molecule has 5 heterocycles. The molecule has 0 aliphatic heterocycles. The number of nitrogens with one attached hydrogen (secondary N) is 2. The number of aromatic amines is 1. The van der Waals surface area contributed by atoms with E-state index in [1.54, 1.807) is 6.20 Å². The lowest BCUT2D eigenvalue weighted by molar-refractivity contribution is 0.534. The lowest BCUT2D eigenvalue weighted by atomic mass is 10.1. The molecular weight excluding hydrogens is 402 g/mol. The van der Waals surface area contributed by atoms with E-state index in [0.29, 0.717) is 12.5 Å². The highest BCUT2D eigenvalue weighted by Crippen LogP contribution is 2.32. The Kier molecular flexibility index (Phi) is 5.14. The highest BCUT2D eigenvalue weighted by atomic mass is 15.3. The molecule has 0 fully saturated rings. The van der Waals surface area contributed by atoms with Gasteiger partial charge < -0.3 is 10.3 Å². The summed E-state index contributed by atoms with van der Waals surface area (Å²) in [5.41, 5.74) is 5.50. The minimum atomic E-state index is 0.223. The molecule has 0 bridgehead atoms. The van der Waals surface area contributed by atoms with E-state index in [-0.39, 0.29) is 6.04 Å². The Bertz CT molecular complexity index is 1360. The fourth-order valence-corrected chi connectivity index (χ4v) is 3.57. The topological polar surface area (TPSA) is 102 Å². The van der Waals surface area contributed by atoms with Gasteiger partial charge in [0.1, 0.15) is 11.3 Å². The maximum absolute atomic E-state index is 4.86. The van der Waals surface area contributed by atoms with Crippen LogP contribution in [0.25, 0.3) is 33.5 Å². The predicted molar refractivity (Wildman–Crippen MR) is 124 cm³/mol. The summed E-state index contributed by atoms with van der Waals surface area (Å²) in [5, 5.41) is 13.5. The summed E-state index contributed by atoms with van der Waals surface area (Å²) < 4.78 is 3.86. The van der Waals surface area contributed by atoms with Gasteiger partial charge in [-0.1, -0.05) is 0 Å². The summed E-state index contributed by atoms with van der Waals surface area (Å²) in [6, 6.07) is 6.24. The molecule has 0 spiro atoms. The standard InChI is InChI=1S/C23H25N9/c1-4-31-13-16(11-28-31)10-27-23-25-8-6-20(29-23)19-14-32(15(2)3)30-21(19)18-9-17-5-7-24-22(17)26-12-18/h5-9,11-15H,4,10H2,1-3H3,(H,24,26)(H,25,27,29). The summed E-state index contributed by atoms with van der Waals surface area (Å²) in [5.74, 6) is 0.564. The van der Waals surface area contributed by atoms with Crippen LogP contribution < -0.4 is 5.32 Å². The van der Waals surface area contributed by atoms with Crippen molar-refractivity contribution >= 4 is 17.0 Å². The number of H-pyrrole nitrogens is 1. The van der Waals surface area contributed by atoms with E-state index in [9.17, 15) is 0 Å². The van der Waals surface area contributed by atoms with Gasteiger partial charge in [-0.15, -0.1) is 0 Å². The third kappa shape index (κ3) is 3.84. The number of rotatable bonds is 7. The normalized spacial score (nSPS) is 11.5. The molecule has 0 saturated carbocycles. The molecule has 0 aliphatic rings. The molecule has 5 rings (SSSR count). The number of aryl methyl sites for hydroxylation is 1. The van der Waals surface area contributed by atoms with E-state index in [1.165, 1.54) is 0 Å². The largest absolute Gasteiger partial charge is 0.350 e. The Hall–Kier alpha value is -4.01. The van der Waals surface area contributed by atoms with Gasteiger partial charge in [0.25, 0.3) is 0 Å². The third-order valence-corrected chi connectivity index (χ3v) is 5.33. The van der Waals surface area contributed by atoms with E-state index in [2.05, 4.69) is 52.2 Å². The first-order valence-electron chi connectivity index (χ1n) is 10.7. The monoisotopic (exact) mass is 427 g/mol. The molecular formula is C23H25N9. The molecule has 9 heteroatoms. The first-order valence-corrected chi connectivity index (χ1v) is 10.7. The Labute approximate surface area is 185 Å². The average molecular weight is 428 g/mol. The van der Waals surface area contributed by atoms with Crippen LogP contribution in [0, 0.1) is 0 Å². The van der Waals surface area contributed by atoms with Crippen LogP contribution in [0.4, 0.5) is 5.95 Å². The van der Waals surface area contributed by atoms with Crippen molar-refractivity contribution in [3.05, 3.63) is 60.9 Å². The fourth-order valence-electron chi connectivity index (χ4n) is 3.57. The minimum absolute atomic E-state index is 0.223. The molecule has 162 valence electrons. The smallest absolute Gasteiger partial charge is 0.223 e. The highest BCUT2D eigenvalue weighted by molar-refractivity contribution is 5.85. The van der Waals surface area contributed by atoms with E-state index < -0.39 is 0 Å². The van der Waals surface area contributed by atoms with Crippen LogP contribution in [0.5, 0.6) is 0 Å². The van der Waals surface area contributed by atoms with Gasteiger partial charge in [-0.3, -0.25) is 9.36 Å². The van der Waals surface area contributed by atoms with E-state index in [1.807, 2.05) is 52.5 Å². The van der Waals surface area contributed by atoms with Crippen LogP contribution in [0.2, 0.25) is 0 Å². The van der Waals surface area contributed by atoms with Crippen molar-refractivity contribution in [2.24, 2.45) is 0 Å². The van der Waals surface area contributed by atoms with Gasteiger partial charge in [-0.25, -0.2) is 15.0 Å². The summed E-state index contributed by atoms with van der Waals surface area (Å²) >= 11 is 0. The zero-order valence-electron chi connectivity index (χ0n) is 18.3. The number of nitrogens with zero attached hydrogens (tertiary/aromatic N) is 7. The number of hydrogen-bond donors (Lipinski definition) is 2. The zero-order chi connectivity index (χ0) is 22.1. The lowest BCUT2D eigenvalue weighted by Gasteiger charge is -2.06. The number of fused-ring (bicyclic) bond motifs is 1. The predicted octanol–water partition coefficient (Wildman–Crippen LogP) is 4.29. The van der Waals surface area contributed by atoms with Crippen molar-refractivity contribution < 1.29 is 0 Å². The first kappa shape index (κ1) is 19.9. The van der Waals surface area contributed by atoms with Crippen molar-refractivity contribution in [2.45, 2.75) is 39.9 Å². The van der Waals surface area contributed by atoms with Gasteiger partial charge in [0.2, 0.25) is 5.95 Å². The van der Waals surface area contributed by atoms with Crippen molar-refractivity contribution in [1.82, 2.24) is 39.5 Å². The van der Waals surface area contributed by atoms with E-state index in [0.717, 1.165) is 45.7 Å². The van der Waals surface area contributed by atoms with Crippen molar-refractivity contribution in [3.8, 4) is 22.5 Å². The molecule has 9 nitrogen and oxygen atoms in total. The Balaban J connectivity index is 1.49. The van der Waals surface area contributed by atoms with Crippen LogP contribution in [-0.4, -0.2) is 39.5 Å². The number of hydrogen-bond acceptors (Lipinski definition) is 6. The van der Waals surface area contributed by atoms with Crippen molar-refractivity contribution in [3.63, 3.8) is 0 Å². The molecule has 5 aromatic rings. The summed E-state index contributed by atoms with van der Waals surface area (Å²) in [4.78, 5) is 16.8. The third-order valence-electron chi connectivity index (χ3n) is 5.33. The maximum atomic E-state index is 4.86. The van der Waals surface area contributed by atoms with Gasteiger partial charge in [0, 0.05) is 72.2 Å². The van der Waals surface area contributed by atoms with Crippen LogP contribution in [0.15, 0.2) is 55.4 Å². The second-order valence-corrected chi connectivity index (χ2v) is 7.93. The van der Waals surface area contributed by atoms with Crippen LogP contribution in [-0.2, 0) is 13.1 Å². The van der Waals surface area contributed by atoms with Crippen LogP contribution in [0.3, 0.4) is 0 Å². The minimum Gasteiger partial charge on any atom is -0.350 e. The maximum Gasteiger partial charge on any atom is 0.223 e. The first-order chi connectivity index (χ1) is 15.6. The number of pyridine rings is 1. The van der Waals surface area contributed by atoms with Crippen molar-refractivity contribution in [2.75, 3.05) is 5.32 Å². The molecule has 2 N–H and O–H groups in total.